The second-order valence-electron chi connectivity index (χ2n) is 6.11. The van der Waals surface area contributed by atoms with Crippen LogP contribution in [0.5, 0.6) is 0 Å². The lowest BCUT2D eigenvalue weighted by Gasteiger charge is -2.26. The average Bonchev–Trinajstić information content (AvgIpc) is 2.80. The van der Waals surface area contributed by atoms with Gasteiger partial charge in [-0.2, -0.15) is 0 Å². The van der Waals surface area contributed by atoms with Gasteiger partial charge in [0, 0.05) is 29.2 Å². The fraction of sp³-hybridized carbons (Fsp3) is 0.500. The number of nitrogens with one attached hydrogen (secondary N) is 1. The minimum Gasteiger partial charge on any atom is -0.351 e. The SMILES string of the molecule is CCC(C)(C)NC(=O)[C@H]1CC(=O)N(c2cccc(Cl)c2)C1. The van der Waals surface area contributed by atoms with E-state index in [9.17, 15) is 9.59 Å². The van der Waals surface area contributed by atoms with Gasteiger partial charge in [0.15, 0.2) is 0 Å². The molecule has 0 bridgehead atoms. The number of anilines is 1. The molecule has 0 aliphatic carbocycles. The highest BCUT2D eigenvalue weighted by Crippen LogP contribution is 2.27. The summed E-state index contributed by atoms with van der Waals surface area (Å²) in [6, 6.07) is 7.15. The quantitative estimate of drug-likeness (QED) is 0.929. The molecule has 1 aromatic carbocycles. The predicted molar refractivity (Wildman–Crippen MR) is 84.4 cm³/mol. The standard InChI is InChI=1S/C16H21ClN2O2/c1-4-16(2,3)18-15(21)11-8-14(20)19(10-11)13-7-5-6-12(17)9-13/h5-7,9,11H,4,8,10H2,1-3H3,(H,18,21)/t11-/m0/s1. The van der Waals surface area contributed by atoms with Crippen molar-refractivity contribution in [2.45, 2.75) is 39.2 Å². The Morgan fingerprint density at radius 2 is 2.19 bits per heavy atom. The van der Waals surface area contributed by atoms with Crippen LogP contribution in [0, 0.1) is 5.92 Å². The number of hydrogen-bond donors (Lipinski definition) is 1. The van der Waals surface area contributed by atoms with Crippen LogP contribution in [0.4, 0.5) is 5.69 Å². The van der Waals surface area contributed by atoms with Gasteiger partial charge in [0.2, 0.25) is 11.8 Å². The van der Waals surface area contributed by atoms with Gasteiger partial charge in [0.05, 0.1) is 5.92 Å². The molecule has 1 fully saturated rings. The molecule has 5 heteroatoms. The summed E-state index contributed by atoms with van der Waals surface area (Å²) in [6.07, 6.45) is 1.09. The van der Waals surface area contributed by atoms with Gasteiger partial charge in [-0.3, -0.25) is 9.59 Å². The van der Waals surface area contributed by atoms with Gasteiger partial charge in [-0.05, 0) is 38.5 Å². The Bertz CT molecular complexity index is 557. The summed E-state index contributed by atoms with van der Waals surface area (Å²) in [5.74, 6) is -0.395. The van der Waals surface area contributed by atoms with Crippen LogP contribution in [0.15, 0.2) is 24.3 Å². The first-order valence-corrected chi connectivity index (χ1v) is 7.58. The molecule has 0 spiro atoms. The van der Waals surface area contributed by atoms with Crippen LogP contribution >= 0.6 is 11.6 Å². The second-order valence-corrected chi connectivity index (χ2v) is 6.55. The van der Waals surface area contributed by atoms with Crippen molar-refractivity contribution in [3.63, 3.8) is 0 Å². The third kappa shape index (κ3) is 3.76. The number of carbonyl (C=O) groups excluding carboxylic acids is 2. The number of carbonyl (C=O) groups is 2. The summed E-state index contributed by atoms with van der Waals surface area (Å²) < 4.78 is 0. The van der Waals surface area contributed by atoms with Gasteiger partial charge >= 0.3 is 0 Å². The molecule has 4 nitrogen and oxygen atoms in total. The van der Waals surface area contributed by atoms with E-state index in [1.165, 1.54) is 0 Å². The molecule has 1 aliphatic heterocycles. The zero-order chi connectivity index (χ0) is 15.6. The van der Waals surface area contributed by atoms with Crippen molar-refractivity contribution in [2.75, 3.05) is 11.4 Å². The normalized spacial score (nSPS) is 19.0. The van der Waals surface area contributed by atoms with Crippen molar-refractivity contribution >= 4 is 29.1 Å². The molecular weight excluding hydrogens is 288 g/mol. The molecule has 21 heavy (non-hydrogen) atoms. The zero-order valence-corrected chi connectivity index (χ0v) is 13.4. The Labute approximate surface area is 130 Å². The molecule has 1 saturated heterocycles. The molecule has 1 aliphatic rings. The van der Waals surface area contributed by atoms with E-state index < -0.39 is 0 Å². The first-order chi connectivity index (χ1) is 9.82. The van der Waals surface area contributed by atoms with Gasteiger partial charge in [0.1, 0.15) is 0 Å². The Morgan fingerprint density at radius 3 is 2.81 bits per heavy atom. The molecule has 1 atom stereocenters. The molecular formula is C16H21ClN2O2. The van der Waals surface area contributed by atoms with Gasteiger partial charge in [-0.1, -0.05) is 24.6 Å². The van der Waals surface area contributed by atoms with E-state index in [0.29, 0.717) is 11.6 Å². The molecule has 2 amide bonds. The van der Waals surface area contributed by atoms with Crippen molar-refractivity contribution in [1.29, 1.82) is 0 Å². The minimum atomic E-state index is -0.303. The number of benzene rings is 1. The maximum Gasteiger partial charge on any atom is 0.227 e. The van der Waals surface area contributed by atoms with Gasteiger partial charge in [-0.25, -0.2) is 0 Å². The van der Waals surface area contributed by atoms with Crippen LogP contribution < -0.4 is 10.2 Å². The van der Waals surface area contributed by atoms with Gasteiger partial charge < -0.3 is 10.2 Å². The topological polar surface area (TPSA) is 49.4 Å². The molecule has 1 aromatic rings. The maximum atomic E-state index is 12.3. The van der Waals surface area contributed by atoms with Crippen molar-refractivity contribution < 1.29 is 9.59 Å². The Balaban J connectivity index is 2.08. The number of rotatable bonds is 4. The summed E-state index contributed by atoms with van der Waals surface area (Å²) in [4.78, 5) is 26.1. The number of amides is 2. The molecule has 1 heterocycles. The van der Waals surface area contributed by atoms with E-state index in [4.69, 9.17) is 11.6 Å². The molecule has 0 aromatic heterocycles. The lowest BCUT2D eigenvalue weighted by Crippen LogP contribution is -2.46. The van der Waals surface area contributed by atoms with Crippen LogP contribution in [0.1, 0.15) is 33.6 Å². The van der Waals surface area contributed by atoms with Gasteiger partial charge in [-0.15, -0.1) is 0 Å². The fourth-order valence-corrected chi connectivity index (χ4v) is 2.49. The maximum absolute atomic E-state index is 12.3. The van der Waals surface area contributed by atoms with Crippen molar-refractivity contribution in [3.8, 4) is 0 Å². The summed E-state index contributed by atoms with van der Waals surface area (Å²) in [5, 5.41) is 3.59. The highest BCUT2D eigenvalue weighted by atomic mass is 35.5. The van der Waals surface area contributed by atoms with Gasteiger partial charge in [0.25, 0.3) is 0 Å². The third-order valence-electron chi connectivity index (χ3n) is 3.96. The first kappa shape index (κ1) is 15.8. The van der Waals surface area contributed by atoms with Crippen LogP contribution in [0.3, 0.4) is 0 Å². The Hall–Kier alpha value is -1.55. The number of nitrogens with zero attached hydrogens (tertiary/aromatic N) is 1. The van der Waals surface area contributed by atoms with E-state index in [-0.39, 0.29) is 29.7 Å². The summed E-state index contributed by atoms with van der Waals surface area (Å²) in [6.45, 7) is 6.40. The lowest BCUT2D eigenvalue weighted by atomic mass is 9.99. The second kappa shape index (κ2) is 6.06. The molecule has 2 rings (SSSR count). The lowest BCUT2D eigenvalue weighted by molar-refractivity contribution is -0.127. The highest BCUT2D eigenvalue weighted by molar-refractivity contribution is 6.30. The van der Waals surface area contributed by atoms with Crippen LogP contribution in [0.2, 0.25) is 5.02 Å². The Kier molecular flexibility index (Phi) is 4.57. The monoisotopic (exact) mass is 308 g/mol. The molecule has 114 valence electrons. The third-order valence-corrected chi connectivity index (χ3v) is 4.20. The smallest absolute Gasteiger partial charge is 0.227 e. The predicted octanol–water partition coefficient (Wildman–Crippen LogP) is 3.00. The highest BCUT2D eigenvalue weighted by Gasteiger charge is 2.36. The average molecular weight is 309 g/mol. The van der Waals surface area contributed by atoms with Crippen molar-refractivity contribution in [2.24, 2.45) is 5.92 Å². The largest absolute Gasteiger partial charge is 0.351 e. The minimum absolute atomic E-state index is 0.0354. The van der Waals surface area contributed by atoms with Crippen LogP contribution in [0.25, 0.3) is 0 Å². The number of halogens is 1. The van der Waals surface area contributed by atoms with E-state index in [1.807, 2.05) is 26.8 Å². The molecule has 1 N–H and O–H groups in total. The van der Waals surface area contributed by atoms with Crippen LogP contribution in [-0.2, 0) is 9.59 Å². The summed E-state index contributed by atoms with van der Waals surface area (Å²) >= 11 is 5.96. The van der Waals surface area contributed by atoms with E-state index >= 15 is 0 Å². The Morgan fingerprint density at radius 1 is 1.48 bits per heavy atom. The van der Waals surface area contributed by atoms with Crippen molar-refractivity contribution in [1.82, 2.24) is 5.32 Å². The van der Waals surface area contributed by atoms with E-state index in [2.05, 4.69) is 5.32 Å². The van der Waals surface area contributed by atoms with E-state index in [0.717, 1.165) is 12.1 Å². The summed E-state index contributed by atoms with van der Waals surface area (Å²) in [5.41, 5.74) is 0.501. The summed E-state index contributed by atoms with van der Waals surface area (Å²) in [7, 11) is 0. The first-order valence-electron chi connectivity index (χ1n) is 7.20. The zero-order valence-electron chi connectivity index (χ0n) is 12.6. The number of hydrogen-bond acceptors (Lipinski definition) is 2. The molecule has 0 radical (unpaired) electrons. The molecule has 0 saturated carbocycles. The molecule has 0 unspecified atom stereocenters. The van der Waals surface area contributed by atoms with Crippen LogP contribution in [-0.4, -0.2) is 23.9 Å². The van der Waals surface area contributed by atoms with Crippen molar-refractivity contribution in [3.05, 3.63) is 29.3 Å². The van der Waals surface area contributed by atoms with E-state index in [1.54, 1.807) is 23.1 Å². The fourth-order valence-electron chi connectivity index (χ4n) is 2.30.